The van der Waals surface area contributed by atoms with Gasteiger partial charge in [-0.15, -0.1) is 0 Å². The van der Waals surface area contributed by atoms with Crippen LogP contribution in [0.3, 0.4) is 0 Å². The summed E-state index contributed by atoms with van der Waals surface area (Å²) < 4.78 is 5.84. The number of anilines is 2. The molecular weight excluding hydrogens is 362 g/mol. The van der Waals surface area contributed by atoms with E-state index in [-0.39, 0.29) is 12.5 Å². The van der Waals surface area contributed by atoms with Crippen molar-refractivity contribution >= 4 is 28.1 Å². The molecule has 29 heavy (non-hydrogen) atoms. The largest absolute Gasteiger partial charge is 0.457 e. The van der Waals surface area contributed by atoms with Gasteiger partial charge >= 0.3 is 0 Å². The number of allylic oxidation sites excluding steroid dienone is 4. The highest BCUT2D eigenvalue weighted by Gasteiger charge is 2.05. The van der Waals surface area contributed by atoms with Gasteiger partial charge in [-0.1, -0.05) is 30.9 Å². The van der Waals surface area contributed by atoms with Crippen molar-refractivity contribution in [2.75, 3.05) is 17.2 Å². The summed E-state index contributed by atoms with van der Waals surface area (Å²) in [4.78, 5) is 16.4. The van der Waals surface area contributed by atoms with Gasteiger partial charge in [0.15, 0.2) is 0 Å². The molecule has 0 radical (unpaired) electrons. The number of rotatable bonds is 8. The first kappa shape index (κ1) is 19.9. The van der Waals surface area contributed by atoms with Crippen molar-refractivity contribution in [3.63, 3.8) is 0 Å². The Morgan fingerprint density at radius 1 is 1.14 bits per heavy atom. The lowest BCUT2D eigenvalue weighted by Gasteiger charge is -2.11. The lowest BCUT2D eigenvalue weighted by atomic mass is 10.1. The monoisotopic (exact) mass is 385 g/mol. The molecule has 0 aliphatic rings. The van der Waals surface area contributed by atoms with Crippen LogP contribution >= 0.6 is 0 Å². The van der Waals surface area contributed by atoms with Crippen molar-refractivity contribution < 1.29 is 9.53 Å². The quantitative estimate of drug-likeness (QED) is 0.407. The van der Waals surface area contributed by atoms with Crippen LogP contribution in [0.15, 0.2) is 97.6 Å². The number of pyridine rings is 1. The molecule has 0 saturated carbocycles. The summed E-state index contributed by atoms with van der Waals surface area (Å²) in [7, 11) is 0. The molecule has 3 rings (SSSR count). The second kappa shape index (κ2) is 9.90. The summed E-state index contributed by atoms with van der Waals surface area (Å²) in [6.45, 7) is 5.75. The molecule has 5 nitrogen and oxygen atoms in total. The van der Waals surface area contributed by atoms with Crippen LogP contribution in [0.25, 0.3) is 10.8 Å². The van der Waals surface area contributed by atoms with Gasteiger partial charge in [-0.05, 0) is 54.8 Å². The Labute approximate surface area is 170 Å². The number of carbonyl (C=O) groups is 1. The third-order valence-corrected chi connectivity index (χ3v) is 4.06. The van der Waals surface area contributed by atoms with Crippen LogP contribution < -0.4 is 15.4 Å². The third-order valence-electron chi connectivity index (χ3n) is 4.06. The van der Waals surface area contributed by atoms with E-state index in [2.05, 4.69) is 22.2 Å². The van der Waals surface area contributed by atoms with Crippen molar-refractivity contribution in [1.29, 1.82) is 0 Å². The highest BCUT2D eigenvalue weighted by molar-refractivity contribution is 5.96. The predicted octanol–water partition coefficient (Wildman–Crippen LogP) is 5.31. The predicted molar refractivity (Wildman–Crippen MR) is 119 cm³/mol. The van der Waals surface area contributed by atoms with Crippen LogP contribution in [-0.4, -0.2) is 17.4 Å². The van der Waals surface area contributed by atoms with E-state index in [1.807, 2.05) is 67.6 Å². The second-order valence-corrected chi connectivity index (χ2v) is 6.27. The van der Waals surface area contributed by atoms with E-state index < -0.39 is 0 Å². The number of fused-ring (bicyclic) bond motifs is 1. The average Bonchev–Trinajstić information content (AvgIpc) is 2.73. The van der Waals surface area contributed by atoms with Gasteiger partial charge in [-0.3, -0.25) is 9.78 Å². The van der Waals surface area contributed by atoms with E-state index >= 15 is 0 Å². The van der Waals surface area contributed by atoms with Gasteiger partial charge in [0.25, 0.3) is 0 Å². The lowest BCUT2D eigenvalue weighted by molar-refractivity contribution is -0.114. The SMILES string of the molecule is C=C/C=C(\C=C/C)Oc1cccc(NCC(=O)Nc2ccc3cnccc3c2)c1. The minimum absolute atomic E-state index is 0.133. The number of nitrogens with one attached hydrogen (secondary N) is 2. The summed E-state index contributed by atoms with van der Waals surface area (Å²) in [6.07, 6.45) is 10.7. The van der Waals surface area contributed by atoms with Crippen molar-refractivity contribution in [3.05, 3.63) is 97.6 Å². The fraction of sp³-hybridized carbons (Fsp3) is 0.0833. The lowest BCUT2D eigenvalue weighted by Crippen LogP contribution is -2.21. The molecule has 2 N–H and O–H groups in total. The Morgan fingerprint density at radius 2 is 2.03 bits per heavy atom. The van der Waals surface area contributed by atoms with E-state index in [4.69, 9.17) is 4.74 Å². The zero-order valence-corrected chi connectivity index (χ0v) is 16.3. The molecule has 5 heteroatoms. The van der Waals surface area contributed by atoms with E-state index in [1.165, 1.54) is 0 Å². The molecule has 0 bridgehead atoms. The highest BCUT2D eigenvalue weighted by atomic mass is 16.5. The van der Waals surface area contributed by atoms with Crippen LogP contribution in [-0.2, 0) is 4.79 Å². The van der Waals surface area contributed by atoms with Crippen molar-refractivity contribution in [2.45, 2.75) is 6.92 Å². The van der Waals surface area contributed by atoms with Gasteiger partial charge in [0.1, 0.15) is 11.5 Å². The first-order valence-electron chi connectivity index (χ1n) is 9.29. The van der Waals surface area contributed by atoms with Crippen molar-refractivity contribution in [1.82, 2.24) is 4.98 Å². The van der Waals surface area contributed by atoms with Gasteiger partial charge in [0, 0.05) is 35.2 Å². The number of amides is 1. The normalized spacial score (nSPS) is 11.4. The maximum Gasteiger partial charge on any atom is 0.243 e. The Morgan fingerprint density at radius 3 is 2.86 bits per heavy atom. The smallest absolute Gasteiger partial charge is 0.243 e. The van der Waals surface area contributed by atoms with E-state index in [0.717, 1.165) is 22.1 Å². The molecule has 0 saturated heterocycles. The molecule has 146 valence electrons. The molecule has 0 fully saturated rings. The van der Waals surface area contributed by atoms with Crippen LogP contribution in [0.1, 0.15) is 6.92 Å². The van der Waals surface area contributed by atoms with Gasteiger partial charge in [-0.25, -0.2) is 0 Å². The average molecular weight is 385 g/mol. The van der Waals surface area contributed by atoms with Gasteiger partial charge < -0.3 is 15.4 Å². The molecule has 0 atom stereocenters. The summed E-state index contributed by atoms with van der Waals surface area (Å²) in [5, 5.41) is 8.08. The van der Waals surface area contributed by atoms with E-state index in [0.29, 0.717) is 11.5 Å². The zero-order valence-electron chi connectivity index (χ0n) is 16.3. The molecule has 1 amide bonds. The summed E-state index contributed by atoms with van der Waals surface area (Å²) in [5.41, 5.74) is 1.54. The number of hydrogen-bond donors (Lipinski definition) is 2. The van der Waals surface area contributed by atoms with Gasteiger partial charge in [0.05, 0.1) is 6.54 Å². The number of aromatic nitrogens is 1. The molecule has 0 aliphatic heterocycles. The van der Waals surface area contributed by atoms with Crippen LogP contribution in [0.2, 0.25) is 0 Å². The number of nitrogens with zero attached hydrogens (tertiary/aromatic N) is 1. The fourth-order valence-corrected chi connectivity index (χ4v) is 2.76. The maximum atomic E-state index is 12.3. The Kier molecular flexibility index (Phi) is 6.79. The Balaban J connectivity index is 1.59. The molecule has 3 aromatic rings. The topological polar surface area (TPSA) is 63.2 Å². The molecule has 0 aliphatic carbocycles. The highest BCUT2D eigenvalue weighted by Crippen LogP contribution is 2.21. The summed E-state index contributed by atoms with van der Waals surface area (Å²) in [6, 6.07) is 15.1. The molecular formula is C24H23N3O2. The minimum Gasteiger partial charge on any atom is -0.457 e. The van der Waals surface area contributed by atoms with Crippen molar-refractivity contribution in [3.8, 4) is 5.75 Å². The molecule has 0 unspecified atom stereocenters. The van der Waals surface area contributed by atoms with Crippen LogP contribution in [0.4, 0.5) is 11.4 Å². The van der Waals surface area contributed by atoms with Gasteiger partial charge in [-0.2, -0.15) is 0 Å². The Bertz CT molecular complexity index is 1070. The number of ether oxygens (including phenoxy) is 1. The van der Waals surface area contributed by atoms with Crippen LogP contribution in [0.5, 0.6) is 5.75 Å². The van der Waals surface area contributed by atoms with Crippen LogP contribution in [0, 0.1) is 0 Å². The zero-order chi connectivity index (χ0) is 20.5. The maximum absolute atomic E-state index is 12.3. The number of carbonyl (C=O) groups excluding carboxylic acids is 1. The third kappa shape index (κ3) is 5.81. The van der Waals surface area contributed by atoms with Gasteiger partial charge in [0.2, 0.25) is 5.91 Å². The first-order chi connectivity index (χ1) is 14.2. The summed E-state index contributed by atoms with van der Waals surface area (Å²) in [5.74, 6) is 1.22. The van der Waals surface area contributed by atoms with E-state index in [1.54, 1.807) is 24.5 Å². The Hall–Kier alpha value is -3.86. The first-order valence-corrected chi connectivity index (χ1v) is 9.29. The molecule has 2 aromatic carbocycles. The van der Waals surface area contributed by atoms with Crippen molar-refractivity contribution in [2.24, 2.45) is 0 Å². The van der Waals surface area contributed by atoms with E-state index in [9.17, 15) is 4.79 Å². The molecule has 1 aromatic heterocycles. The second-order valence-electron chi connectivity index (χ2n) is 6.27. The number of hydrogen-bond acceptors (Lipinski definition) is 4. The standard InChI is InChI=1S/C24H23N3O2/c1-3-6-22(7-4-2)29-23-9-5-8-20(15-23)26-17-24(28)27-21-11-10-19-16-25-13-12-18(19)14-21/h3-16,26H,1,17H2,2H3,(H,27,28)/b7-4-,22-6+. The summed E-state index contributed by atoms with van der Waals surface area (Å²) >= 11 is 0. The fourth-order valence-electron chi connectivity index (χ4n) is 2.76. The minimum atomic E-state index is -0.133. The molecule has 1 heterocycles. The number of benzene rings is 2. The molecule has 0 spiro atoms.